The number of fused-ring (bicyclic) bond motifs is 3. The summed E-state index contributed by atoms with van der Waals surface area (Å²) in [6, 6.07) is 29.9. The van der Waals surface area contributed by atoms with E-state index in [9.17, 15) is 9.59 Å². The average molecular weight is 544 g/mol. The summed E-state index contributed by atoms with van der Waals surface area (Å²) < 4.78 is 17.8. The van der Waals surface area contributed by atoms with Crippen LogP contribution >= 0.6 is 0 Å². The zero-order chi connectivity index (χ0) is 28.2. The van der Waals surface area contributed by atoms with Crippen molar-refractivity contribution in [3.8, 4) is 28.6 Å². The number of hydrogen-bond acceptors (Lipinski definition) is 8. The lowest BCUT2D eigenvalue weighted by Gasteiger charge is -2.21. The lowest BCUT2D eigenvalue weighted by Crippen LogP contribution is -2.18. The van der Waals surface area contributed by atoms with E-state index < -0.39 is 18.2 Å². The molecule has 4 aromatic carbocycles. The van der Waals surface area contributed by atoms with Crippen molar-refractivity contribution in [2.45, 2.75) is 19.6 Å². The molecule has 5 aromatic rings. The molecule has 1 atom stereocenters. The van der Waals surface area contributed by atoms with Gasteiger partial charge in [0.1, 0.15) is 5.69 Å². The average Bonchev–Trinajstić information content (AvgIpc) is 3.19. The first-order valence-corrected chi connectivity index (χ1v) is 13.2. The zero-order valence-electron chi connectivity index (χ0n) is 22.1. The summed E-state index contributed by atoms with van der Waals surface area (Å²) in [6.07, 6.45) is 1.73. The summed E-state index contributed by atoms with van der Waals surface area (Å²) in [5, 5.41) is 3.41. The highest BCUT2D eigenvalue weighted by molar-refractivity contribution is 5.93. The first-order valence-electron chi connectivity index (χ1n) is 13.2. The number of para-hydroxylation sites is 1. The fourth-order valence-electron chi connectivity index (χ4n) is 4.41. The molecular weight excluding hydrogens is 518 g/mol. The SMILES string of the molecule is CCc1cnc2c(n1)OC(c1ccc(OC(=O)c3ccccc3)c(OC(=O)c3ccccc3)c1)Nc1ccccc1-2. The van der Waals surface area contributed by atoms with Crippen LogP contribution in [-0.2, 0) is 6.42 Å². The van der Waals surface area contributed by atoms with Crippen LogP contribution in [0, 0.1) is 0 Å². The van der Waals surface area contributed by atoms with Gasteiger partial charge in [0.15, 0.2) is 17.7 Å². The van der Waals surface area contributed by atoms with E-state index in [0.29, 0.717) is 34.7 Å². The minimum Gasteiger partial charge on any atom is -0.448 e. The van der Waals surface area contributed by atoms with Crippen molar-refractivity contribution in [3.63, 3.8) is 0 Å². The molecular formula is C33H25N3O5. The first kappa shape index (κ1) is 25.8. The molecule has 1 aliphatic rings. The fourth-order valence-corrected chi connectivity index (χ4v) is 4.41. The van der Waals surface area contributed by atoms with Gasteiger partial charge in [-0.3, -0.25) is 0 Å². The number of carbonyl (C=O) groups excluding carboxylic acids is 2. The number of carbonyl (C=O) groups is 2. The summed E-state index contributed by atoms with van der Waals surface area (Å²) >= 11 is 0. The van der Waals surface area contributed by atoms with E-state index in [0.717, 1.165) is 16.9 Å². The molecule has 1 N–H and O–H groups in total. The molecule has 8 heteroatoms. The normalized spacial score (nSPS) is 13.4. The number of nitrogens with one attached hydrogen (secondary N) is 1. The topological polar surface area (TPSA) is 99.6 Å². The molecule has 0 saturated carbocycles. The molecule has 0 amide bonds. The van der Waals surface area contributed by atoms with Crippen LogP contribution in [0.3, 0.4) is 0 Å². The van der Waals surface area contributed by atoms with Gasteiger partial charge in [0.25, 0.3) is 0 Å². The third-order valence-electron chi connectivity index (χ3n) is 6.55. The van der Waals surface area contributed by atoms with Gasteiger partial charge in [-0.15, -0.1) is 0 Å². The summed E-state index contributed by atoms with van der Waals surface area (Å²) in [6.45, 7) is 2.00. The second-order valence-corrected chi connectivity index (χ2v) is 9.27. The molecule has 0 bridgehead atoms. The van der Waals surface area contributed by atoms with Crippen LogP contribution in [0.1, 0.15) is 45.1 Å². The van der Waals surface area contributed by atoms with E-state index in [1.54, 1.807) is 72.9 Å². The molecule has 6 rings (SSSR count). The largest absolute Gasteiger partial charge is 0.448 e. The van der Waals surface area contributed by atoms with Crippen molar-refractivity contribution in [2.24, 2.45) is 0 Å². The maximum absolute atomic E-state index is 13.0. The van der Waals surface area contributed by atoms with Crippen molar-refractivity contribution in [2.75, 3.05) is 5.32 Å². The number of rotatable bonds is 6. The number of benzene rings is 4. The Morgan fingerprint density at radius 3 is 2.12 bits per heavy atom. The number of hydrogen-bond donors (Lipinski definition) is 1. The third-order valence-corrected chi connectivity index (χ3v) is 6.55. The lowest BCUT2D eigenvalue weighted by molar-refractivity contribution is 0.0682. The Kier molecular flexibility index (Phi) is 7.11. The Bertz CT molecular complexity index is 1720. The number of anilines is 1. The molecule has 0 fully saturated rings. The van der Waals surface area contributed by atoms with Gasteiger partial charge in [-0.05, 0) is 55.0 Å². The van der Waals surface area contributed by atoms with Crippen molar-refractivity contribution < 1.29 is 23.8 Å². The predicted octanol–water partition coefficient (Wildman–Crippen LogP) is 6.65. The number of nitrogens with zero attached hydrogens (tertiary/aromatic N) is 2. The zero-order valence-corrected chi connectivity index (χ0v) is 22.1. The smallest absolute Gasteiger partial charge is 0.343 e. The monoisotopic (exact) mass is 543 g/mol. The molecule has 8 nitrogen and oxygen atoms in total. The van der Waals surface area contributed by atoms with Gasteiger partial charge in [-0.2, -0.15) is 0 Å². The Balaban J connectivity index is 1.39. The molecule has 1 aliphatic heterocycles. The van der Waals surface area contributed by atoms with Gasteiger partial charge >= 0.3 is 11.9 Å². The van der Waals surface area contributed by atoms with E-state index >= 15 is 0 Å². The summed E-state index contributed by atoms with van der Waals surface area (Å²) in [4.78, 5) is 35.2. The highest BCUT2D eigenvalue weighted by Gasteiger charge is 2.27. The minimum absolute atomic E-state index is 0.0668. The van der Waals surface area contributed by atoms with E-state index in [2.05, 4.69) is 15.3 Å². The summed E-state index contributed by atoms with van der Waals surface area (Å²) in [5.41, 5.74) is 4.41. The molecule has 1 aromatic heterocycles. The number of esters is 2. The number of aryl methyl sites for hydroxylation is 1. The van der Waals surface area contributed by atoms with E-state index in [-0.39, 0.29) is 11.5 Å². The van der Waals surface area contributed by atoms with Gasteiger partial charge in [0, 0.05) is 23.0 Å². The van der Waals surface area contributed by atoms with E-state index in [1.165, 1.54) is 0 Å². The molecule has 41 heavy (non-hydrogen) atoms. The van der Waals surface area contributed by atoms with Crippen molar-refractivity contribution >= 4 is 17.6 Å². The molecule has 1 unspecified atom stereocenters. The van der Waals surface area contributed by atoms with Crippen LogP contribution in [-0.4, -0.2) is 21.9 Å². The van der Waals surface area contributed by atoms with Gasteiger partial charge in [0.2, 0.25) is 5.88 Å². The summed E-state index contributed by atoms with van der Waals surface area (Å²) in [5.74, 6) is -0.631. The number of aromatic nitrogens is 2. The van der Waals surface area contributed by atoms with Crippen LogP contribution in [0.15, 0.2) is 109 Å². The Hall–Kier alpha value is -5.50. The second kappa shape index (κ2) is 11.3. The highest BCUT2D eigenvalue weighted by Crippen LogP contribution is 2.41. The maximum Gasteiger partial charge on any atom is 0.343 e. The maximum atomic E-state index is 13.0. The molecule has 0 saturated heterocycles. The van der Waals surface area contributed by atoms with E-state index in [4.69, 9.17) is 14.2 Å². The quantitative estimate of drug-likeness (QED) is 0.188. The Morgan fingerprint density at radius 1 is 0.805 bits per heavy atom. The summed E-state index contributed by atoms with van der Waals surface area (Å²) in [7, 11) is 0. The first-order chi connectivity index (χ1) is 20.1. The van der Waals surface area contributed by atoms with Crippen molar-refractivity contribution in [1.29, 1.82) is 0 Å². The predicted molar refractivity (Wildman–Crippen MR) is 153 cm³/mol. The highest BCUT2D eigenvalue weighted by atomic mass is 16.6. The van der Waals surface area contributed by atoms with E-state index in [1.807, 2.05) is 43.3 Å². The van der Waals surface area contributed by atoms with Crippen molar-refractivity contribution in [3.05, 3.63) is 132 Å². The minimum atomic E-state index is -0.716. The fraction of sp³-hybridized carbons (Fsp3) is 0.0909. The molecule has 0 aliphatic carbocycles. The standard InChI is InChI=1S/C33H25N3O5/c1-2-24-20-34-29-25-15-9-10-16-26(25)36-30(41-31(29)35-24)23-17-18-27(39-32(37)21-11-5-3-6-12-21)28(19-23)40-33(38)22-13-7-4-8-14-22/h3-20,30,36H,2H2,1H3. The molecule has 202 valence electrons. The van der Waals surface area contributed by atoms with Crippen LogP contribution in [0.25, 0.3) is 11.3 Å². The second-order valence-electron chi connectivity index (χ2n) is 9.27. The molecule has 2 heterocycles. The molecule has 0 radical (unpaired) electrons. The van der Waals surface area contributed by atoms with Crippen LogP contribution in [0.4, 0.5) is 5.69 Å². The molecule has 0 spiro atoms. The van der Waals surface area contributed by atoms with Crippen LogP contribution in [0.5, 0.6) is 17.4 Å². The Morgan fingerprint density at radius 2 is 1.44 bits per heavy atom. The number of ether oxygens (including phenoxy) is 3. The van der Waals surface area contributed by atoms with Crippen molar-refractivity contribution in [1.82, 2.24) is 9.97 Å². The van der Waals surface area contributed by atoms with Gasteiger partial charge in [0.05, 0.1) is 16.8 Å². The van der Waals surface area contributed by atoms with Gasteiger partial charge in [-0.1, -0.05) is 61.5 Å². The van der Waals surface area contributed by atoms with Crippen LogP contribution < -0.4 is 19.5 Å². The Labute approximate surface area is 236 Å². The third kappa shape index (κ3) is 5.49. The van der Waals surface area contributed by atoms with Gasteiger partial charge in [-0.25, -0.2) is 19.6 Å². The van der Waals surface area contributed by atoms with Crippen LogP contribution in [0.2, 0.25) is 0 Å². The lowest BCUT2D eigenvalue weighted by atomic mass is 10.1. The van der Waals surface area contributed by atoms with Gasteiger partial charge < -0.3 is 19.5 Å².